The van der Waals surface area contributed by atoms with Crippen LogP contribution in [0.5, 0.6) is 0 Å². The van der Waals surface area contributed by atoms with E-state index in [1.54, 1.807) is 24.0 Å². The number of carbonyl (C=O) groups is 1. The van der Waals surface area contributed by atoms with Crippen LogP contribution in [0.15, 0.2) is 42.5 Å². The van der Waals surface area contributed by atoms with Gasteiger partial charge in [0.2, 0.25) is 10.0 Å². The van der Waals surface area contributed by atoms with Crippen LogP contribution in [0.2, 0.25) is 0 Å². The van der Waals surface area contributed by atoms with E-state index in [0.29, 0.717) is 12.2 Å². The monoisotopic (exact) mass is 372 g/mol. The summed E-state index contributed by atoms with van der Waals surface area (Å²) in [5.74, 6) is -0.209. The number of anilines is 2. The Labute approximate surface area is 155 Å². The normalized spacial score (nSPS) is 14.8. The van der Waals surface area contributed by atoms with Crippen LogP contribution in [0.3, 0.4) is 0 Å². The van der Waals surface area contributed by atoms with Crippen LogP contribution in [0.4, 0.5) is 11.4 Å². The lowest BCUT2D eigenvalue weighted by Gasteiger charge is -2.31. The number of hydrogen-bond acceptors (Lipinski definition) is 3. The number of carbonyl (C=O) groups excluding carboxylic acids is 1. The van der Waals surface area contributed by atoms with Crippen LogP contribution in [-0.2, 0) is 21.2 Å². The first-order valence-electron chi connectivity index (χ1n) is 8.65. The number of aryl methyl sites for hydroxylation is 2. The minimum atomic E-state index is -3.62. The zero-order valence-electron chi connectivity index (χ0n) is 15.6. The Hall–Kier alpha value is -2.34. The van der Waals surface area contributed by atoms with Gasteiger partial charge < -0.3 is 4.90 Å². The predicted molar refractivity (Wildman–Crippen MR) is 105 cm³/mol. The molecule has 0 radical (unpaired) electrons. The number of sulfonamides is 1. The highest BCUT2D eigenvalue weighted by molar-refractivity contribution is 7.92. The van der Waals surface area contributed by atoms with Gasteiger partial charge in [0, 0.05) is 12.2 Å². The van der Waals surface area contributed by atoms with Gasteiger partial charge in [-0.3, -0.25) is 9.10 Å². The van der Waals surface area contributed by atoms with Gasteiger partial charge in [-0.2, -0.15) is 0 Å². The molecule has 1 amide bonds. The molecule has 3 rings (SSSR count). The van der Waals surface area contributed by atoms with E-state index in [1.165, 1.54) is 4.31 Å². The molecule has 1 heterocycles. The molecule has 1 aliphatic heterocycles. The molecule has 1 atom stereocenters. The van der Waals surface area contributed by atoms with Gasteiger partial charge in [0.1, 0.15) is 6.04 Å². The first kappa shape index (κ1) is 18.5. The number of para-hydroxylation sites is 1. The lowest BCUT2D eigenvalue weighted by atomic mass is 10.1. The minimum Gasteiger partial charge on any atom is -0.310 e. The SMILES string of the molecule is Cc1cc(C)cc(N(C(C)C(=O)N2CCc3ccccc32)S(C)(=O)=O)c1. The molecule has 2 aromatic carbocycles. The van der Waals surface area contributed by atoms with Crippen LogP contribution in [0.25, 0.3) is 0 Å². The van der Waals surface area contributed by atoms with Gasteiger partial charge in [-0.05, 0) is 62.1 Å². The topological polar surface area (TPSA) is 57.7 Å². The summed E-state index contributed by atoms with van der Waals surface area (Å²) in [7, 11) is -3.62. The van der Waals surface area contributed by atoms with Gasteiger partial charge >= 0.3 is 0 Å². The Kier molecular flexibility index (Phi) is 4.80. The van der Waals surface area contributed by atoms with Gasteiger partial charge in [0.25, 0.3) is 5.91 Å². The molecule has 0 aliphatic carbocycles. The van der Waals surface area contributed by atoms with Gasteiger partial charge in [-0.25, -0.2) is 8.42 Å². The fraction of sp³-hybridized carbons (Fsp3) is 0.350. The van der Waals surface area contributed by atoms with E-state index >= 15 is 0 Å². The Morgan fingerprint density at radius 3 is 2.35 bits per heavy atom. The molecule has 0 saturated heterocycles. The first-order valence-corrected chi connectivity index (χ1v) is 10.5. The maximum atomic E-state index is 13.2. The summed E-state index contributed by atoms with van der Waals surface area (Å²) in [6.07, 6.45) is 1.93. The van der Waals surface area contributed by atoms with Crippen LogP contribution >= 0.6 is 0 Å². The Balaban J connectivity index is 1.99. The fourth-order valence-electron chi connectivity index (χ4n) is 3.67. The molecule has 138 valence electrons. The maximum absolute atomic E-state index is 13.2. The molecule has 2 aromatic rings. The van der Waals surface area contributed by atoms with Crippen molar-refractivity contribution in [3.8, 4) is 0 Å². The largest absolute Gasteiger partial charge is 0.310 e. The summed E-state index contributed by atoms with van der Waals surface area (Å²) in [6.45, 7) is 6.06. The van der Waals surface area contributed by atoms with Crippen LogP contribution in [0.1, 0.15) is 23.6 Å². The van der Waals surface area contributed by atoms with Crippen LogP contribution in [-0.4, -0.2) is 33.2 Å². The fourth-order valence-corrected chi connectivity index (χ4v) is 4.83. The second-order valence-electron chi connectivity index (χ2n) is 6.95. The second-order valence-corrected chi connectivity index (χ2v) is 8.81. The summed E-state index contributed by atoms with van der Waals surface area (Å²) in [5, 5.41) is 0. The summed E-state index contributed by atoms with van der Waals surface area (Å²) < 4.78 is 26.3. The van der Waals surface area contributed by atoms with E-state index in [4.69, 9.17) is 0 Å². The second kappa shape index (κ2) is 6.76. The third kappa shape index (κ3) is 3.46. The zero-order valence-corrected chi connectivity index (χ0v) is 16.4. The van der Waals surface area contributed by atoms with Gasteiger partial charge in [-0.15, -0.1) is 0 Å². The minimum absolute atomic E-state index is 0.209. The van der Waals surface area contributed by atoms with E-state index < -0.39 is 16.1 Å². The van der Waals surface area contributed by atoms with Crippen LogP contribution < -0.4 is 9.21 Å². The van der Waals surface area contributed by atoms with Crippen molar-refractivity contribution in [2.24, 2.45) is 0 Å². The highest BCUT2D eigenvalue weighted by Crippen LogP contribution is 2.30. The summed E-state index contributed by atoms with van der Waals surface area (Å²) in [4.78, 5) is 14.9. The van der Waals surface area contributed by atoms with Gasteiger partial charge in [0.15, 0.2) is 0 Å². The third-order valence-electron chi connectivity index (χ3n) is 4.68. The van der Waals surface area contributed by atoms with E-state index in [1.807, 2.05) is 44.2 Å². The van der Waals surface area contributed by atoms with Gasteiger partial charge in [-0.1, -0.05) is 24.3 Å². The molecule has 1 unspecified atom stereocenters. The van der Waals surface area contributed by atoms with E-state index in [2.05, 4.69) is 0 Å². The Morgan fingerprint density at radius 1 is 1.12 bits per heavy atom. The van der Waals surface area contributed by atoms with Crippen molar-refractivity contribution >= 4 is 27.3 Å². The predicted octanol–water partition coefficient (Wildman–Crippen LogP) is 3.05. The molecule has 0 N–H and O–H groups in total. The van der Waals surface area contributed by atoms with E-state index in [0.717, 1.165) is 35.1 Å². The smallest absolute Gasteiger partial charge is 0.250 e. The average Bonchev–Trinajstić information content (AvgIpc) is 2.96. The molecule has 0 aromatic heterocycles. The summed E-state index contributed by atoms with van der Waals surface area (Å²) in [5.41, 5.74) is 4.43. The van der Waals surface area contributed by atoms with Crippen molar-refractivity contribution in [1.82, 2.24) is 0 Å². The Bertz CT molecular complexity index is 933. The van der Waals surface area contributed by atoms with Crippen molar-refractivity contribution in [1.29, 1.82) is 0 Å². The quantitative estimate of drug-likeness (QED) is 0.829. The van der Waals surface area contributed by atoms with Crippen molar-refractivity contribution in [3.05, 3.63) is 59.2 Å². The lowest BCUT2D eigenvalue weighted by molar-refractivity contribution is -0.119. The van der Waals surface area contributed by atoms with Crippen LogP contribution in [0, 0.1) is 13.8 Å². The highest BCUT2D eigenvalue weighted by atomic mass is 32.2. The number of hydrogen-bond donors (Lipinski definition) is 0. The first-order chi connectivity index (χ1) is 12.2. The molecule has 0 saturated carbocycles. The molecule has 0 bridgehead atoms. The highest BCUT2D eigenvalue weighted by Gasteiger charge is 2.35. The molecule has 0 fully saturated rings. The standard InChI is InChI=1S/C20H24N2O3S/c1-14-11-15(2)13-18(12-14)22(26(4,24)25)16(3)20(23)21-10-9-17-7-5-6-8-19(17)21/h5-8,11-13,16H,9-10H2,1-4H3. The molecule has 5 nitrogen and oxygen atoms in total. The van der Waals surface area contributed by atoms with Crippen molar-refractivity contribution in [3.63, 3.8) is 0 Å². The molecular formula is C20H24N2O3S. The number of rotatable bonds is 4. The summed E-state index contributed by atoms with van der Waals surface area (Å²) in [6, 6.07) is 12.5. The average molecular weight is 372 g/mol. The number of nitrogens with zero attached hydrogens (tertiary/aromatic N) is 2. The molecular weight excluding hydrogens is 348 g/mol. The zero-order chi connectivity index (χ0) is 19.1. The molecule has 1 aliphatic rings. The van der Waals surface area contributed by atoms with Crippen molar-refractivity contribution in [2.45, 2.75) is 33.2 Å². The number of amides is 1. The lowest BCUT2D eigenvalue weighted by Crippen LogP contribution is -2.49. The molecule has 6 heteroatoms. The maximum Gasteiger partial charge on any atom is 0.250 e. The van der Waals surface area contributed by atoms with E-state index in [9.17, 15) is 13.2 Å². The van der Waals surface area contributed by atoms with Gasteiger partial charge in [0.05, 0.1) is 11.9 Å². The molecule has 0 spiro atoms. The Morgan fingerprint density at radius 2 is 1.73 bits per heavy atom. The summed E-state index contributed by atoms with van der Waals surface area (Å²) >= 11 is 0. The number of benzene rings is 2. The number of fused-ring (bicyclic) bond motifs is 1. The molecule has 26 heavy (non-hydrogen) atoms. The third-order valence-corrected chi connectivity index (χ3v) is 5.92. The van der Waals surface area contributed by atoms with Crippen molar-refractivity contribution in [2.75, 3.05) is 22.0 Å². The van der Waals surface area contributed by atoms with E-state index in [-0.39, 0.29) is 5.91 Å². The van der Waals surface area contributed by atoms with Crippen molar-refractivity contribution < 1.29 is 13.2 Å².